The highest BCUT2D eigenvalue weighted by molar-refractivity contribution is 7.09. The van der Waals surface area contributed by atoms with Crippen LogP contribution in [0.2, 0.25) is 0 Å². The molecule has 0 aliphatic carbocycles. The van der Waals surface area contributed by atoms with Crippen molar-refractivity contribution < 1.29 is 47.7 Å². The van der Waals surface area contributed by atoms with Gasteiger partial charge in [0.15, 0.2) is 12.0 Å². The zero-order valence-electron chi connectivity index (χ0n) is 42.2. The summed E-state index contributed by atoms with van der Waals surface area (Å²) in [6.45, 7) is 15.1. The van der Waals surface area contributed by atoms with Crippen molar-refractivity contribution in [3.05, 3.63) is 52.0 Å². The van der Waals surface area contributed by atoms with Gasteiger partial charge in [-0.3, -0.25) is 24.1 Å². The van der Waals surface area contributed by atoms with Gasteiger partial charge in [0.1, 0.15) is 17.7 Å². The van der Waals surface area contributed by atoms with Gasteiger partial charge in [-0.25, -0.2) is 9.78 Å². The molecule has 2 saturated heterocycles. The van der Waals surface area contributed by atoms with E-state index >= 15 is 0 Å². The molecule has 0 radical (unpaired) electrons. The highest BCUT2D eigenvalue weighted by atomic mass is 32.1. The number of ether oxygens (including phenoxy) is 5. The Morgan fingerprint density at radius 1 is 0.896 bits per heavy atom. The number of aromatic nitrogens is 1. The second-order valence-corrected chi connectivity index (χ2v) is 20.0. The van der Waals surface area contributed by atoms with Crippen molar-refractivity contribution in [3.8, 4) is 0 Å². The predicted octanol–water partition coefficient (Wildman–Crippen LogP) is 5.89. The van der Waals surface area contributed by atoms with Gasteiger partial charge in [-0.05, 0) is 75.9 Å². The van der Waals surface area contributed by atoms with Gasteiger partial charge in [0, 0.05) is 39.8 Å². The number of carbonyl (C=O) groups is 5. The van der Waals surface area contributed by atoms with Crippen LogP contribution in [0.4, 0.5) is 0 Å². The second-order valence-electron chi connectivity index (χ2n) is 19.1. The monoisotopic (exact) mass is 957 g/mol. The van der Waals surface area contributed by atoms with Crippen LogP contribution in [0.25, 0.3) is 0 Å². The van der Waals surface area contributed by atoms with Crippen molar-refractivity contribution >= 4 is 40.9 Å². The number of benzene rings is 1. The molecule has 4 amide bonds. The fourth-order valence-electron chi connectivity index (χ4n) is 9.54. The first kappa shape index (κ1) is 55.6. The normalized spacial score (nSPS) is 20.1. The molecule has 1 aromatic heterocycles. The Labute approximate surface area is 403 Å². The van der Waals surface area contributed by atoms with E-state index in [4.69, 9.17) is 23.7 Å². The van der Waals surface area contributed by atoms with Crippen molar-refractivity contribution in [2.24, 2.45) is 23.7 Å². The van der Waals surface area contributed by atoms with E-state index in [1.54, 1.807) is 43.4 Å². The zero-order chi connectivity index (χ0) is 49.4. The highest BCUT2D eigenvalue weighted by Crippen LogP contribution is 2.31. The van der Waals surface area contributed by atoms with Crippen molar-refractivity contribution in [1.29, 1.82) is 0 Å². The summed E-state index contributed by atoms with van der Waals surface area (Å²) in [6.07, 6.45) is 3.80. The topological polar surface area (TPSA) is 178 Å². The summed E-state index contributed by atoms with van der Waals surface area (Å²) in [5, 5.41) is 8.44. The van der Waals surface area contributed by atoms with Crippen molar-refractivity contribution in [2.75, 3.05) is 61.7 Å². The van der Waals surface area contributed by atoms with Crippen molar-refractivity contribution in [3.63, 3.8) is 0 Å². The maximum absolute atomic E-state index is 14.5. The Balaban J connectivity index is 1.47. The molecule has 10 atom stereocenters. The van der Waals surface area contributed by atoms with Crippen LogP contribution in [0.1, 0.15) is 121 Å². The van der Waals surface area contributed by atoms with E-state index in [9.17, 15) is 24.0 Å². The molecular weight excluding hydrogens is 877 g/mol. The number of nitrogens with zero attached hydrogens (tertiary/aromatic N) is 4. The third-order valence-corrected chi connectivity index (χ3v) is 14.3. The quantitative estimate of drug-likeness (QED) is 0.0846. The molecular formula is C50H80N6O10S. The molecule has 0 spiro atoms. The molecule has 9 unspecified atom stereocenters. The maximum Gasteiger partial charge on any atom is 0.357 e. The van der Waals surface area contributed by atoms with Crippen molar-refractivity contribution in [1.82, 2.24) is 30.3 Å². The van der Waals surface area contributed by atoms with Crippen LogP contribution in [0, 0.1) is 23.7 Å². The van der Waals surface area contributed by atoms with Gasteiger partial charge >= 0.3 is 5.97 Å². The highest BCUT2D eigenvalue weighted by Gasteiger charge is 2.43. The first-order chi connectivity index (χ1) is 31.9. The second kappa shape index (κ2) is 27.3. The van der Waals surface area contributed by atoms with Crippen LogP contribution in [-0.4, -0.2) is 154 Å². The van der Waals surface area contributed by atoms with Crippen LogP contribution in [0.3, 0.4) is 0 Å². The van der Waals surface area contributed by atoms with Gasteiger partial charge in [-0.2, -0.15) is 0 Å². The van der Waals surface area contributed by atoms with E-state index in [1.165, 1.54) is 11.3 Å². The van der Waals surface area contributed by atoms with Crippen LogP contribution < -0.4 is 10.6 Å². The molecule has 2 aromatic rings. The number of likely N-dealkylation sites (N-methyl/N-ethyl adjacent to an activating group) is 2. The molecule has 2 aliphatic rings. The standard InChI is InChI=1S/C50H80N6O10S/c1-13-33(6)44(55(10)49(60)42(31(2)3)53-47(59)43(32(4)5)54(8)9)39(62-11)29-40(57)56-24-19-22-38(56)45(63-12)34(7)46(58)51-36(28-35-20-15-14-16-21-35)48-52-37(30-67-48)50(61)66-27-26-65-41-23-17-18-25-64-41/h14-16,20-21,30-34,36,38-39,41-45H,13,17-19,22-29H2,1-12H3,(H,51,58)(H,53,59)/t33?,34?,36?,38-,39?,41?,42?,43?,44?,45?/m0/s1. The minimum Gasteiger partial charge on any atom is -0.458 e. The molecule has 2 N–H and O–H groups in total. The minimum absolute atomic E-state index is 0.00131. The van der Waals surface area contributed by atoms with Crippen LogP contribution in [-0.2, 0) is 49.3 Å². The molecule has 16 nitrogen and oxygen atoms in total. The van der Waals surface area contributed by atoms with Crippen LogP contribution in [0.15, 0.2) is 35.7 Å². The van der Waals surface area contributed by atoms with Gasteiger partial charge in [0.05, 0.1) is 55.3 Å². The molecule has 4 rings (SSSR count). The average molecular weight is 957 g/mol. The third kappa shape index (κ3) is 15.5. The SMILES string of the molecule is CCC(C)C(C(CC(=O)N1CCC[C@H]1C(OC)C(C)C(=O)NC(Cc1ccccc1)c1nc(C(=O)OCCOC2CCCCO2)cs1)OC)N(C)C(=O)C(NC(=O)C(C(C)C)N(C)C)C(C)C. The van der Waals surface area contributed by atoms with E-state index in [0.29, 0.717) is 31.0 Å². The Bertz CT molecular complexity index is 1850. The Kier molecular flexibility index (Phi) is 22.6. The first-order valence-electron chi connectivity index (χ1n) is 24.2. The summed E-state index contributed by atoms with van der Waals surface area (Å²) in [5.74, 6) is -2.36. The summed E-state index contributed by atoms with van der Waals surface area (Å²) in [7, 11) is 8.57. The van der Waals surface area contributed by atoms with Gasteiger partial charge in [0.25, 0.3) is 0 Å². The fraction of sp³-hybridized carbons (Fsp3) is 0.720. The molecule has 17 heteroatoms. The van der Waals surface area contributed by atoms with Gasteiger partial charge < -0.3 is 44.1 Å². The zero-order valence-corrected chi connectivity index (χ0v) is 43.0. The maximum atomic E-state index is 14.5. The molecule has 2 aliphatic heterocycles. The van der Waals surface area contributed by atoms with E-state index in [-0.39, 0.29) is 73.0 Å². The molecule has 0 bridgehead atoms. The van der Waals surface area contributed by atoms with E-state index in [2.05, 4.69) is 15.6 Å². The van der Waals surface area contributed by atoms with Gasteiger partial charge in [0.2, 0.25) is 23.6 Å². The van der Waals surface area contributed by atoms with E-state index < -0.39 is 54.3 Å². The van der Waals surface area contributed by atoms with Gasteiger partial charge in [-0.1, -0.05) is 85.2 Å². The van der Waals surface area contributed by atoms with Crippen LogP contribution in [0.5, 0.6) is 0 Å². The van der Waals surface area contributed by atoms with Gasteiger partial charge in [-0.15, -0.1) is 11.3 Å². The number of likely N-dealkylation sites (tertiary alicyclic amines) is 1. The smallest absolute Gasteiger partial charge is 0.357 e. The number of esters is 1. The number of hydrogen-bond acceptors (Lipinski definition) is 13. The van der Waals surface area contributed by atoms with Crippen molar-refractivity contribution in [2.45, 2.75) is 149 Å². The number of thiazole rings is 1. The summed E-state index contributed by atoms with van der Waals surface area (Å²) in [5.41, 5.74) is 1.12. The van der Waals surface area contributed by atoms with E-state index in [0.717, 1.165) is 37.7 Å². The Morgan fingerprint density at radius 3 is 2.21 bits per heavy atom. The Hall–Kier alpha value is -4.00. The molecule has 0 saturated carbocycles. The molecule has 3 heterocycles. The number of rotatable bonds is 26. The third-order valence-electron chi connectivity index (χ3n) is 13.3. The largest absolute Gasteiger partial charge is 0.458 e. The van der Waals surface area contributed by atoms with E-state index in [1.807, 2.05) is 90.9 Å². The number of amides is 4. The lowest BCUT2D eigenvalue weighted by atomic mass is 9.89. The fourth-order valence-corrected chi connectivity index (χ4v) is 10.4. The molecule has 1 aromatic carbocycles. The molecule has 2 fully saturated rings. The molecule has 67 heavy (non-hydrogen) atoms. The molecule has 376 valence electrons. The summed E-state index contributed by atoms with van der Waals surface area (Å²) in [6, 6.07) is 7.10. The number of nitrogens with one attached hydrogen (secondary N) is 2. The Morgan fingerprint density at radius 2 is 1.61 bits per heavy atom. The summed E-state index contributed by atoms with van der Waals surface area (Å²) in [4.78, 5) is 79.7. The number of carbonyl (C=O) groups excluding carboxylic acids is 5. The minimum atomic E-state index is -0.782. The lowest BCUT2D eigenvalue weighted by molar-refractivity contribution is -0.166. The summed E-state index contributed by atoms with van der Waals surface area (Å²) >= 11 is 1.27. The lowest BCUT2D eigenvalue weighted by Gasteiger charge is -2.41. The average Bonchev–Trinajstić information content (AvgIpc) is 4.01. The lowest BCUT2D eigenvalue weighted by Crippen LogP contribution is -2.59. The number of methoxy groups -OCH3 is 2. The van der Waals surface area contributed by atoms with Crippen LogP contribution >= 0.6 is 11.3 Å². The number of hydrogen-bond donors (Lipinski definition) is 2. The predicted molar refractivity (Wildman–Crippen MR) is 258 cm³/mol. The first-order valence-corrected chi connectivity index (χ1v) is 25.1. The summed E-state index contributed by atoms with van der Waals surface area (Å²) < 4.78 is 28.9.